The topological polar surface area (TPSA) is 89.3 Å². The average Bonchev–Trinajstić information content (AvgIpc) is 2.88. The van der Waals surface area contributed by atoms with Gasteiger partial charge in [0.05, 0.1) is 10.7 Å². The maximum atomic E-state index is 12.5. The van der Waals surface area contributed by atoms with Crippen molar-refractivity contribution in [3.8, 4) is 0 Å². The summed E-state index contributed by atoms with van der Waals surface area (Å²) >= 11 is 6.06. The van der Waals surface area contributed by atoms with Crippen molar-refractivity contribution in [3.63, 3.8) is 0 Å². The first kappa shape index (κ1) is 15.7. The Morgan fingerprint density at radius 1 is 1.17 bits per heavy atom. The maximum absolute atomic E-state index is 12.5. The van der Waals surface area contributed by atoms with Crippen LogP contribution in [0.2, 0.25) is 5.02 Å². The minimum Gasteiger partial charge on any atom is -0.275 e. The Morgan fingerprint density at radius 2 is 1.91 bits per heavy atom. The molecule has 0 saturated carbocycles. The van der Waals surface area contributed by atoms with E-state index in [1.54, 1.807) is 45.0 Å². The highest BCUT2D eigenvalue weighted by Gasteiger charge is 2.23. The number of fused-ring (bicyclic) bond motifs is 1. The van der Waals surface area contributed by atoms with Gasteiger partial charge in [-0.05, 0) is 38.5 Å². The van der Waals surface area contributed by atoms with Gasteiger partial charge in [0, 0.05) is 11.4 Å². The van der Waals surface area contributed by atoms with Crippen LogP contribution in [-0.2, 0) is 10.0 Å². The van der Waals surface area contributed by atoms with Gasteiger partial charge < -0.3 is 0 Å². The number of aromatic nitrogens is 4. The third kappa shape index (κ3) is 2.87. The number of nitrogens with zero attached hydrogens (tertiary/aromatic N) is 4. The van der Waals surface area contributed by atoms with Crippen LogP contribution in [-0.4, -0.2) is 28.0 Å². The van der Waals surface area contributed by atoms with Gasteiger partial charge in [-0.25, -0.2) is 9.50 Å². The Bertz CT molecular complexity index is 993. The summed E-state index contributed by atoms with van der Waals surface area (Å²) < 4.78 is 28.9. The van der Waals surface area contributed by atoms with Crippen molar-refractivity contribution in [2.75, 3.05) is 4.72 Å². The van der Waals surface area contributed by atoms with E-state index in [2.05, 4.69) is 19.8 Å². The van der Waals surface area contributed by atoms with Gasteiger partial charge in [0.15, 0.2) is 0 Å². The van der Waals surface area contributed by atoms with Crippen molar-refractivity contribution < 1.29 is 8.42 Å². The lowest BCUT2D eigenvalue weighted by atomic mass is 10.2. The van der Waals surface area contributed by atoms with Gasteiger partial charge in [0.25, 0.3) is 21.0 Å². The van der Waals surface area contributed by atoms with Gasteiger partial charge in [-0.2, -0.15) is 13.4 Å². The van der Waals surface area contributed by atoms with E-state index in [-0.39, 0.29) is 10.9 Å². The van der Waals surface area contributed by atoms with Gasteiger partial charge in [0.1, 0.15) is 0 Å². The van der Waals surface area contributed by atoms with Crippen LogP contribution in [0.4, 0.5) is 5.69 Å². The second-order valence-corrected chi connectivity index (χ2v) is 7.17. The maximum Gasteiger partial charge on any atom is 0.299 e. The van der Waals surface area contributed by atoms with Crippen LogP contribution in [0, 0.1) is 20.8 Å². The first-order chi connectivity index (χ1) is 10.8. The van der Waals surface area contributed by atoms with E-state index in [0.29, 0.717) is 16.3 Å². The third-order valence-electron chi connectivity index (χ3n) is 3.30. The molecule has 0 atom stereocenters. The lowest BCUT2D eigenvalue weighted by Crippen LogP contribution is -2.16. The Labute approximate surface area is 138 Å². The second kappa shape index (κ2) is 5.47. The van der Waals surface area contributed by atoms with Gasteiger partial charge in [-0.15, -0.1) is 5.10 Å². The predicted octanol–water partition coefficient (Wildman–Crippen LogP) is 2.50. The van der Waals surface area contributed by atoms with Crippen LogP contribution in [0.15, 0.2) is 29.4 Å². The monoisotopic (exact) mass is 351 g/mol. The van der Waals surface area contributed by atoms with Crippen LogP contribution in [0.5, 0.6) is 0 Å². The van der Waals surface area contributed by atoms with Crippen molar-refractivity contribution in [2.24, 2.45) is 0 Å². The normalized spacial score (nSPS) is 11.8. The molecule has 0 radical (unpaired) electrons. The summed E-state index contributed by atoms with van der Waals surface area (Å²) in [6.07, 6.45) is 0. The number of rotatable bonds is 3. The average molecular weight is 352 g/mol. The molecule has 0 aliphatic rings. The van der Waals surface area contributed by atoms with E-state index in [9.17, 15) is 8.42 Å². The minimum atomic E-state index is -3.97. The summed E-state index contributed by atoms with van der Waals surface area (Å²) in [5, 5.41) is 3.99. The summed E-state index contributed by atoms with van der Waals surface area (Å²) in [5.41, 5.74) is 2.50. The molecular formula is C14H14ClN5O2S. The van der Waals surface area contributed by atoms with E-state index < -0.39 is 10.0 Å². The van der Waals surface area contributed by atoms with Gasteiger partial charge in [-0.3, -0.25) is 4.72 Å². The van der Waals surface area contributed by atoms with Crippen molar-refractivity contribution >= 4 is 33.1 Å². The molecule has 7 nitrogen and oxygen atoms in total. The van der Waals surface area contributed by atoms with E-state index in [4.69, 9.17) is 11.6 Å². The summed E-state index contributed by atoms with van der Waals surface area (Å²) in [4.78, 5) is 8.19. The van der Waals surface area contributed by atoms with Gasteiger partial charge in [0.2, 0.25) is 0 Å². The summed E-state index contributed by atoms with van der Waals surface area (Å²) in [6, 6.07) is 6.91. The minimum absolute atomic E-state index is 0.235. The molecule has 1 N–H and O–H groups in total. The fourth-order valence-corrected chi connectivity index (χ4v) is 3.55. The summed E-state index contributed by atoms with van der Waals surface area (Å²) in [7, 11) is -3.97. The highest BCUT2D eigenvalue weighted by Crippen LogP contribution is 2.27. The molecule has 2 heterocycles. The number of para-hydroxylation sites is 1. The zero-order chi connectivity index (χ0) is 16.8. The molecule has 3 aromatic rings. The van der Waals surface area contributed by atoms with Crippen LogP contribution in [0.1, 0.15) is 17.0 Å². The zero-order valence-electron chi connectivity index (χ0n) is 12.7. The lowest BCUT2D eigenvalue weighted by Gasteiger charge is -2.09. The van der Waals surface area contributed by atoms with Gasteiger partial charge >= 0.3 is 0 Å². The molecule has 0 amide bonds. The van der Waals surface area contributed by atoms with Crippen molar-refractivity contribution in [3.05, 3.63) is 46.2 Å². The summed E-state index contributed by atoms with van der Waals surface area (Å²) in [6.45, 7) is 5.37. The lowest BCUT2D eigenvalue weighted by molar-refractivity contribution is 0.592. The molecule has 1 aromatic carbocycles. The number of sulfonamides is 1. The number of anilines is 1. The molecular weight excluding hydrogens is 338 g/mol. The number of halogens is 1. The van der Waals surface area contributed by atoms with Crippen LogP contribution in [0.25, 0.3) is 5.78 Å². The first-order valence-corrected chi connectivity index (χ1v) is 8.63. The van der Waals surface area contributed by atoms with E-state index >= 15 is 0 Å². The Balaban J connectivity index is 2.08. The fraction of sp³-hybridized carbons (Fsp3) is 0.214. The zero-order valence-corrected chi connectivity index (χ0v) is 14.3. The highest BCUT2D eigenvalue weighted by molar-refractivity contribution is 7.92. The molecule has 0 aliphatic carbocycles. The van der Waals surface area contributed by atoms with E-state index in [0.717, 1.165) is 11.4 Å². The molecule has 0 saturated heterocycles. The molecule has 0 fully saturated rings. The first-order valence-electron chi connectivity index (χ1n) is 6.77. The Hall–Kier alpha value is -2.19. The number of hydrogen-bond acceptors (Lipinski definition) is 5. The molecule has 2 aromatic heterocycles. The highest BCUT2D eigenvalue weighted by atomic mass is 35.5. The molecule has 3 rings (SSSR count). The third-order valence-corrected chi connectivity index (χ3v) is 4.74. The predicted molar refractivity (Wildman–Crippen MR) is 87.3 cm³/mol. The number of nitrogens with one attached hydrogen (secondary N) is 1. The van der Waals surface area contributed by atoms with Crippen LogP contribution < -0.4 is 4.72 Å². The Morgan fingerprint density at radius 3 is 2.61 bits per heavy atom. The van der Waals surface area contributed by atoms with E-state index in [1.807, 2.05) is 0 Å². The van der Waals surface area contributed by atoms with Crippen LogP contribution in [0.3, 0.4) is 0 Å². The van der Waals surface area contributed by atoms with E-state index in [1.165, 1.54) is 4.52 Å². The molecule has 0 bridgehead atoms. The molecule has 120 valence electrons. The SMILES string of the molecule is Cc1cc(C)n2nc(S(=O)(=O)Nc3c(C)cccc3Cl)nc2n1. The van der Waals surface area contributed by atoms with Gasteiger partial charge in [-0.1, -0.05) is 23.7 Å². The summed E-state index contributed by atoms with van der Waals surface area (Å²) in [5.74, 6) is 0.235. The number of aryl methyl sites for hydroxylation is 3. The molecule has 0 unspecified atom stereocenters. The van der Waals surface area contributed by atoms with Crippen molar-refractivity contribution in [1.82, 2.24) is 19.6 Å². The number of hydrogen-bond donors (Lipinski definition) is 1. The number of benzene rings is 1. The Kier molecular flexibility index (Phi) is 3.73. The molecule has 0 aliphatic heterocycles. The quantitative estimate of drug-likeness (QED) is 0.783. The van der Waals surface area contributed by atoms with Crippen molar-refractivity contribution in [2.45, 2.75) is 25.9 Å². The fourth-order valence-electron chi connectivity index (χ4n) is 2.20. The standard InChI is InChI=1S/C14H14ClN5O2S/c1-8-5-4-6-11(15)12(8)19-23(21,22)14-17-13-16-9(2)7-10(3)20(13)18-14/h4-7,19H,1-3H3. The van der Waals surface area contributed by atoms with Crippen molar-refractivity contribution in [1.29, 1.82) is 0 Å². The molecule has 9 heteroatoms. The smallest absolute Gasteiger partial charge is 0.275 e. The largest absolute Gasteiger partial charge is 0.299 e. The second-order valence-electron chi connectivity index (χ2n) is 5.18. The van der Waals surface area contributed by atoms with Crippen LogP contribution >= 0.6 is 11.6 Å². The molecule has 23 heavy (non-hydrogen) atoms. The molecule has 0 spiro atoms.